The van der Waals surface area contributed by atoms with Crippen LogP contribution in [-0.4, -0.2) is 5.11 Å². The standard InChI is InChI=1S/C15H11Br2FO2/c16-8-1-4-14-11(5-8)13(19)7-15(20-14)10-3-2-9(18)6-12(10)17/h1-6,13,15,19H,7H2/t13-,15?/m0/s1. The van der Waals surface area contributed by atoms with Crippen LogP contribution in [0.1, 0.15) is 29.8 Å². The quantitative estimate of drug-likeness (QED) is 0.735. The first kappa shape index (κ1) is 14.0. The second kappa shape index (κ2) is 5.47. The van der Waals surface area contributed by atoms with E-state index in [1.807, 2.05) is 18.2 Å². The molecule has 0 saturated carbocycles. The predicted molar refractivity (Wildman–Crippen MR) is 81.2 cm³/mol. The van der Waals surface area contributed by atoms with Crippen molar-refractivity contribution in [1.82, 2.24) is 0 Å². The van der Waals surface area contributed by atoms with Crippen LogP contribution < -0.4 is 4.74 Å². The van der Waals surface area contributed by atoms with Crippen molar-refractivity contribution in [1.29, 1.82) is 0 Å². The Bertz CT molecular complexity index is 660. The van der Waals surface area contributed by atoms with E-state index in [1.165, 1.54) is 12.1 Å². The maximum Gasteiger partial charge on any atom is 0.128 e. The third kappa shape index (κ3) is 2.62. The molecule has 2 aromatic rings. The lowest BCUT2D eigenvalue weighted by Gasteiger charge is -2.30. The van der Waals surface area contributed by atoms with E-state index in [-0.39, 0.29) is 11.9 Å². The highest BCUT2D eigenvalue weighted by Gasteiger charge is 2.29. The Labute approximate surface area is 132 Å². The van der Waals surface area contributed by atoms with Crippen LogP contribution in [0.3, 0.4) is 0 Å². The lowest BCUT2D eigenvalue weighted by molar-refractivity contribution is 0.0653. The zero-order valence-corrected chi connectivity index (χ0v) is 13.5. The summed E-state index contributed by atoms with van der Waals surface area (Å²) in [5.74, 6) is 0.356. The van der Waals surface area contributed by atoms with Gasteiger partial charge >= 0.3 is 0 Å². The molecule has 1 unspecified atom stereocenters. The molecule has 0 saturated heterocycles. The Morgan fingerprint density at radius 1 is 1.10 bits per heavy atom. The fourth-order valence-corrected chi connectivity index (χ4v) is 3.36. The number of fused-ring (bicyclic) bond motifs is 1. The van der Waals surface area contributed by atoms with E-state index in [2.05, 4.69) is 31.9 Å². The monoisotopic (exact) mass is 400 g/mol. The van der Waals surface area contributed by atoms with E-state index >= 15 is 0 Å². The topological polar surface area (TPSA) is 29.5 Å². The SMILES string of the molecule is O[C@H]1CC(c2ccc(F)cc2Br)Oc2ccc(Br)cc21. The van der Waals surface area contributed by atoms with Gasteiger partial charge in [-0.2, -0.15) is 0 Å². The summed E-state index contributed by atoms with van der Waals surface area (Å²) in [4.78, 5) is 0. The number of aliphatic hydroxyl groups excluding tert-OH is 1. The zero-order chi connectivity index (χ0) is 14.3. The van der Waals surface area contributed by atoms with Gasteiger partial charge in [0.1, 0.15) is 17.7 Å². The van der Waals surface area contributed by atoms with Crippen molar-refractivity contribution in [2.24, 2.45) is 0 Å². The van der Waals surface area contributed by atoms with Crippen LogP contribution in [0.5, 0.6) is 5.75 Å². The average Bonchev–Trinajstić information content (AvgIpc) is 2.39. The lowest BCUT2D eigenvalue weighted by Crippen LogP contribution is -2.19. The molecule has 0 fully saturated rings. The molecule has 0 bridgehead atoms. The van der Waals surface area contributed by atoms with E-state index in [0.717, 1.165) is 15.6 Å². The van der Waals surface area contributed by atoms with Gasteiger partial charge in [0.05, 0.1) is 6.10 Å². The average molecular weight is 402 g/mol. The Morgan fingerprint density at radius 3 is 2.65 bits per heavy atom. The zero-order valence-electron chi connectivity index (χ0n) is 10.3. The Morgan fingerprint density at radius 2 is 1.90 bits per heavy atom. The van der Waals surface area contributed by atoms with Crippen LogP contribution >= 0.6 is 31.9 Å². The molecule has 2 atom stereocenters. The van der Waals surface area contributed by atoms with Gasteiger partial charge in [0.15, 0.2) is 0 Å². The minimum absolute atomic E-state index is 0.298. The summed E-state index contributed by atoms with van der Waals surface area (Å²) in [6.07, 6.45) is -0.458. The normalized spacial score (nSPS) is 21.2. The van der Waals surface area contributed by atoms with Crippen LogP contribution in [0.15, 0.2) is 45.3 Å². The van der Waals surface area contributed by atoms with Gasteiger partial charge in [-0.1, -0.05) is 37.9 Å². The van der Waals surface area contributed by atoms with E-state index in [4.69, 9.17) is 4.74 Å². The van der Waals surface area contributed by atoms with Crippen molar-refractivity contribution in [2.75, 3.05) is 0 Å². The maximum absolute atomic E-state index is 13.1. The molecule has 5 heteroatoms. The van der Waals surface area contributed by atoms with Crippen molar-refractivity contribution < 1.29 is 14.2 Å². The Balaban J connectivity index is 1.97. The highest BCUT2D eigenvalue weighted by Crippen LogP contribution is 2.43. The highest BCUT2D eigenvalue weighted by molar-refractivity contribution is 9.10. The van der Waals surface area contributed by atoms with E-state index in [0.29, 0.717) is 16.6 Å². The number of aliphatic hydroxyl groups is 1. The molecule has 0 aliphatic carbocycles. The third-order valence-corrected chi connectivity index (χ3v) is 4.53. The second-order valence-electron chi connectivity index (χ2n) is 4.71. The molecule has 1 N–H and O–H groups in total. The number of rotatable bonds is 1. The van der Waals surface area contributed by atoms with Crippen LogP contribution in [0, 0.1) is 5.82 Å². The minimum Gasteiger partial charge on any atom is -0.485 e. The Kier molecular flexibility index (Phi) is 3.84. The molecule has 0 spiro atoms. The number of hydrogen-bond donors (Lipinski definition) is 1. The fourth-order valence-electron chi connectivity index (χ4n) is 2.37. The van der Waals surface area contributed by atoms with E-state index in [9.17, 15) is 9.50 Å². The van der Waals surface area contributed by atoms with Crippen molar-refractivity contribution in [3.05, 3.63) is 62.3 Å². The molecule has 3 rings (SSSR count). The van der Waals surface area contributed by atoms with Crippen LogP contribution in [-0.2, 0) is 0 Å². The molecular formula is C15H11Br2FO2. The van der Waals surface area contributed by atoms with Crippen molar-refractivity contribution in [2.45, 2.75) is 18.6 Å². The third-order valence-electron chi connectivity index (χ3n) is 3.35. The number of hydrogen-bond acceptors (Lipinski definition) is 2. The van der Waals surface area contributed by atoms with Crippen molar-refractivity contribution in [3.8, 4) is 5.75 Å². The van der Waals surface area contributed by atoms with Gasteiger partial charge in [0.25, 0.3) is 0 Å². The first-order valence-electron chi connectivity index (χ1n) is 6.13. The molecule has 20 heavy (non-hydrogen) atoms. The first-order chi connectivity index (χ1) is 9.54. The largest absolute Gasteiger partial charge is 0.485 e. The highest BCUT2D eigenvalue weighted by atomic mass is 79.9. The predicted octanol–water partition coefficient (Wildman–Crippen LogP) is 4.91. The summed E-state index contributed by atoms with van der Waals surface area (Å²) >= 11 is 6.73. The molecule has 2 nitrogen and oxygen atoms in total. The smallest absolute Gasteiger partial charge is 0.128 e. The summed E-state index contributed by atoms with van der Waals surface area (Å²) < 4.78 is 20.6. The lowest BCUT2D eigenvalue weighted by atomic mass is 9.95. The van der Waals surface area contributed by atoms with Crippen molar-refractivity contribution in [3.63, 3.8) is 0 Å². The first-order valence-corrected chi connectivity index (χ1v) is 7.72. The fraction of sp³-hybridized carbons (Fsp3) is 0.200. The minimum atomic E-state index is -0.599. The van der Waals surface area contributed by atoms with Gasteiger partial charge in [0.2, 0.25) is 0 Å². The molecular weight excluding hydrogens is 391 g/mol. The molecule has 1 heterocycles. The van der Waals surface area contributed by atoms with Gasteiger partial charge in [-0.3, -0.25) is 0 Å². The summed E-state index contributed by atoms with van der Waals surface area (Å²) in [6, 6.07) is 10.0. The summed E-state index contributed by atoms with van der Waals surface area (Å²) in [5.41, 5.74) is 1.60. The maximum atomic E-state index is 13.1. The van der Waals surface area contributed by atoms with E-state index in [1.54, 1.807) is 6.07 Å². The van der Waals surface area contributed by atoms with Crippen LogP contribution in [0.25, 0.3) is 0 Å². The number of halogens is 3. The van der Waals surface area contributed by atoms with Gasteiger partial charge in [-0.15, -0.1) is 0 Å². The number of ether oxygens (including phenoxy) is 1. The number of benzene rings is 2. The van der Waals surface area contributed by atoms with Gasteiger partial charge in [-0.25, -0.2) is 4.39 Å². The molecule has 1 aliphatic rings. The van der Waals surface area contributed by atoms with E-state index < -0.39 is 6.10 Å². The molecule has 0 aromatic heterocycles. The van der Waals surface area contributed by atoms with Gasteiger partial charge in [0, 0.05) is 26.5 Å². The van der Waals surface area contributed by atoms with Gasteiger partial charge < -0.3 is 9.84 Å². The molecule has 1 aliphatic heterocycles. The van der Waals surface area contributed by atoms with Crippen LogP contribution in [0.2, 0.25) is 0 Å². The molecule has 2 aromatic carbocycles. The summed E-state index contributed by atoms with van der Waals surface area (Å²) in [7, 11) is 0. The van der Waals surface area contributed by atoms with Gasteiger partial charge in [-0.05, 0) is 30.3 Å². The van der Waals surface area contributed by atoms with Crippen LogP contribution in [0.4, 0.5) is 4.39 Å². The summed E-state index contributed by atoms with van der Waals surface area (Å²) in [6.45, 7) is 0. The Hall–Kier alpha value is -0.910. The molecule has 0 radical (unpaired) electrons. The summed E-state index contributed by atoms with van der Waals surface area (Å²) in [5, 5.41) is 10.3. The van der Waals surface area contributed by atoms with Crippen molar-refractivity contribution >= 4 is 31.9 Å². The second-order valence-corrected chi connectivity index (χ2v) is 6.48. The molecule has 104 valence electrons. The molecule has 0 amide bonds.